The quantitative estimate of drug-likeness (QED) is 0.549. The Balaban J connectivity index is 2.33. The van der Waals surface area contributed by atoms with Crippen LogP contribution in [0.2, 0.25) is 0 Å². The average Bonchev–Trinajstić information content (AvgIpc) is 2.39. The van der Waals surface area contributed by atoms with Gasteiger partial charge in [-0.15, -0.1) is 0 Å². The molecule has 0 saturated heterocycles. The lowest BCUT2D eigenvalue weighted by Crippen LogP contribution is -2.33. The summed E-state index contributed by atoms with van der Waals surface area (Å²) in [6.45, 7) is 8.48. The fourth-order valence-electron chi connectivity index (χ4n) is 2.03. The van der Waals surface area contributed by atoms with Crippen molar-refractivity contribution in [2.24, 2.45) is 0 Å². The molecule has 1 atom stereocenters. The summed E-state index contributed by atoms with van der Waals surface area (Å²) in [7, 11) is 0. The van der Waals surface area contributed by atoms with Crippen LogP contribution in [0.3, 0.4) is 0 Å². The Kier molecular flexibility index (Phi) is 6.44. The van der Waals surface area contributed by atoms with E-state index < -0.39 is 0 Å². The molecule has 1 unspecified atom stereocenters. The maximum Gasteiger partial charge on any atom is 0.311 e. The molecule has 0 bridgehead atoms. The van der Waals surface area contributed by atoms with Crippen molar-refractivity contribution in [1.82, 2.24) is 4.90 Å². The first kappa shape index (κ1) is 14.7. The van der Waals surface area contributed by atoms with Crippen LogP contribution in [0.4, 0.5) is 0 Å². The molecule has 3 heteroatoms. The number of hydrogen-bond donors (Lipinski definition) is 0. The van der Waals surface area contributed by atoms with Gasteiger partial charge in [-0.1, -0.05) is 32.0 Å². The molecule has 0 aliphatic carbocycles. The van der Waals surface area contributed by atoms with E-state index in [0.29, 0.717) is 18.2 Å². The fourth-order valence-corrected chi connectivity index (χ4v) is 2.03. The van der Waals surface area contributed by atoms with Crippen LogP contribution < -0.4 is 4.74 Å². The van der Waals surface area contributed by atoms with Gasteiger partial charge in [-0.05, 0) is 38.6 Å². The summed E-state index contributed by atoms with van der Waals surface area (Å²) in [5.74, 6) is 0.471. The number of para-hydroxylation sites is 1. The van der Waals surface area contributed by atoms with E-state index in [4.69, 9.17) is 4.74 Å². The van der Waals surface area contributed by atoms with Crippen molar-refractivity contribution in [3.8, 4) is 5.75 Å². The van der Waals surface area contributed by atoms with Crippen LogP contribution in [0.15, 0.2) is 30.3 Å². The van der Waals surface area contributed by atoms with Gasteiger partial charge in [0.15, 0.2) is 0 Å². The van der Waals surface area contributed by atoms with Gasteiger partial charge in [0.25, 0.3) is 0 Å². The van der Waals surface area contributed by atoms with Crippen LogP contribution >= 0.6 is 0 Å². The SMILES string of the molecule is CCN(CC)C(C)CCC(=O)Oc1ccccc1. The van der Waals surface area contributed by atoms with Gasteiger partial charge in [-0.2, -0.15) is 0 Å². The van der Waals surface area contributed by atoms with Crippen molar-refractivity contribution in [1.29, 1.82) is 0 Å². The van der Waals surface area contributed by atoms with Crippen LogP contribution in [0.5, 0.6) is 5.75 Å². The Bertz CT molecular complexity index is 347. The molecule has 0 fully saturated rings. The molecule has 0 heterocycles. The number of hydrogen-bond acceptors (Lipinski definition) is 3. The number of carbonyl (C=O) groups is 1. The standard InChI is InChI=1S/C15H23NO2/c1-4-16(5-2)13(3)11-12-15(17)18-14-9-7-6-8-10-14/h6-10,13H,4-5,11-12H2,1-3H3. The maximum atomic E-state index is 11.7. The first-order valence-electron chi connectivity index (χ1n) is 6.67. The first-order valence-corrected chi connectivity index (χ1v) is 6.67. The largest absolute Gasteiger partial charge is 0.427 e. The van der Waals surface area contributed by atoms with Crippen molar-refractivity contribution < 1.29 is 9.53 Å². The highest BCUT2D eigenvalue weighted by molar-refractivity contribution is 5.72. The van der Waals surface area contributed by atoms with E-state index in [9.17, 15) is 4.79 Å². The molecule has 0 amide bonds. The highest BCUT2D eigenvalue weighted by atomic mass is 16.5. The van der Waals surface area contributed by atoms with Crippen molar-refractivity contribution in [3.05, 3.63) is 30.3 Å². The molecule has 1 rings (SSSR count). The summed E-state index contributed by atoms with van der Waals surface area (Å²) in [6.07, 6.45) is 1.31. The molecule has 3 nitrogen and oxygen atoms in total. The molecule has 0 saturated carbocycles. The number of rotatable bonds is 7. The molecule has 0 spiro atoms. The lowest BCUT2D eigenvalue weighted by Gasteiger charge is -2.25. The van der Waals surface area contributed by atoms with E-state index in [1.807, 2.05) is 18.2 Å². The van der Waals surface area contributed by atoms with Gasteiger partial charge in [0, 0.05) is 12.5 Å². The van der Waals surface area contributed by atoms with Gasteiger partial charge in [0.1, 0.15) is 5.75 Å². The van der Waals surface area contributed by atoms with Crippen LogP contribution in [0.25, 0.3) is 0 Å². The smallest absolute Gasteiger partial charge is 0.311 e. The maximum absolute atomic E-state index is 11.7. The Labute approximate surface area is 110 Å². The normalized spacial score (nSPS) is 12.4. The zero-order chi connectivity index (χ0) is 13.4. The van der Waals surface area contributed by atoms with Crippen LogP contribution in [0, 0.1) is 0 Å². The van der Waals surface area contributed by atoms with Gasteiger partial charge in [0.2, 0.25) is 0 Å². The molecule has 1 aromatic carbocycles. The van der Waals surface area contributed by atoms with E-state index in [0.717, 1.165) is 19.5 Å². The summed E-state index contributed by atoms with van der Waals surface area (Å²) in [5.41, 5.74) is 0. The molecule has 18 heavy (non-hydrogen) atoms. The fraction of sp³-hybridized carbons (Fsp3) is 0.533. The summed E-state index contributed by atoms with van der Waals surface area (Å²) in [4.78, 5) is 14.0. The van der Waals surface area contributed by atoms with E-state index in [1.54, 1.807) is 12.1 Å². The third kappa shape index (κ3) is 4.88. The van der Waals surface area contributed by atoms with E-state index in [1.165, 1.54) is 0 Å². The third-order valence-corrected chi connectivity index (χ3v) is 3.18. The zero-order valence-electron chi connectivity index (χ0n) is 11.6. The highest BCUT2D eigenvalue weighted by Crippen LogP contribution is 2.11. The van der Waals surface area contributed by atoms with Crippen molar-refractivity contribution in [2.75, 3.05) is 13.1 Å². The molecular weight excluding hydrogens is 226 g/mol. The highest BCUT2D eigenvalue weighted by Gasteiger charge is 2.13. The predicted octanol–water partition coefficient (Wildman–Crippen LogP) is 3.10. The molecule has 0 radical (unpaired) electrons. The van der Waals surface area contributed by atoms with Gasteiger partial charge in [-0.25, -0.2) is 0 Å². The lowest BCUT2D eigenvalue weighted by molar-refractivity contribution is -0.134. The predicted molar refractivity (Wildman–Crippen MR) is 73.7 cm³/mol. The molecule has 0 aromatic heterocycles. The monoisotopic (exact) mass is 249 g/mol. The molecular formula is C15H23NO2. The van der Waals surface area contributed by atoms with Crippen molar-refractivity contribution >= 4 is 5.97 Å². The van der Waals surface area contributed by atoms with Crippen LogP contribution in [0.1, 0.15) is 33.6 Å². The number of carbonyl (C=O) groups excluding carboxylic acids is 1. The van der Waals surface area contributed by atoms with Crippen LogP contribution in [-0.4, -0.2) is 30.0 Å². The minimum absolute atomic E-state index is 0.153. The first-order chi connectivity index (χ1) is 8.67. The summed E-state index contributed by atoms with van der Waals surface area (Å²) >= 11 is 0. The van der Waals surface area contributed by atoms with E-state index in [2.05, 4.69) is 25.7 Å². The molecule has 0 N–H and O–H groups in total. The van der Waals surface area contributed by atoms with Gasteiger partial charge in [-0.3, -0.25) is 4.79 Å². The third-order valence-electron chi connectivity index (χ3n) is 3.18. The Morgan fingerprint density at radius 3 is 2.39 bits per heavy atom. The minimum atomic E-state index is -0.153. The van der Waals surface area contributed by atoms with E-state index in [-0.39, 0.29) is 5.97 Å². The Hall–Kier alpha value is -1.35. The second kappa shape index (κ2) is 7.88. The minimum Gasteiger partial charge on any atom is -0.427 e. The van der Waals surface area contributed by atoms with Gasteiger partial charge < -0.3 is 9.64 Å². The lowest BCUT2D eigenvalue weighted by atomic mass is 10.1. The van der Waals surface area contributed by atoms with E-state index >= 15 is 0 Å². The van der Waals surface area contributed by atoms with Crippen molar-refractivity contribution in [3.63, 3.8) is 0 Å². The number of esters is 1. The van der Waals surface area contributed by atoms with Crippen LogP contribution in [-0.2, 0) is 4.79 Å². The topological polar surface area (TPSA) is 29.5 Å². The van der Waals surface area contributed by atoms with Crippen molar-refractivity contribution in [2.45, 2.75) is 39.7 Å². The molecule has 0 aliphatic rings. The Morgan fingerprint density at radius 1 is 1.22 bits per heavy atom. The summed E-state index contributed by atoms with van der Waals surface area (Å²) in [5, 5.41) is 0. The summed E-state index contributed by atoms with van der Waals surface area (Å²) in [6, 6.07) is 9.64. The van der Waals surface area contributed by atoms with Gasteiger partial charge >= 0.3 is 5.97 Å². The number of ether oxygens (including phenoxy) is 1. The second-order valence-electron chi connectivity index (χ2n) is 4.40. The zero-order valence-corrected chi connectivity index (χ0v) is 11.6. The van der Waals surface area contributed by atoms with Gasteiger partial charge in [0.05, 0.1) is 0 Å². The molecule has 0 aliphatic heterocycles. The molecule has 1 aromatic rings. The summed E-state index contributed by atoms with van der Waals surface area (Å²) < 4.78 is 5.25. The molecule has 100 valence electrons. The average molecular weight is 249 g/mol. The number of nitrogens with zero attached hydrogens (tertiary/aromatic N) is 1. The Morgan fingerprint density at radius 2 is 1.83 bits per heavy atom. The second-order valence-corrected chi connectivity index (χ2v) is 4.40. The number of benzene rings is 1.